The second-order valence-electron chi connectivity index (χ2n) is 4.95. The topological polar surface area (TPSA) is 55.9 Å². The molecule has 3 rings (SSSR count). The van der Waals surface area contributed by atoms with Gasteiger partial charge in [0.25, 0.3) is 0 Å². The predicted molar refractivity (Wildman–Crippen MR) is 71.0 cm³/mol. The van der Waals surface area contributed by atoms with Crippen molar-refractivity contribution in [2.75, 3.05) is 0 Å². The first-order valence-electron chi connectivity index (χ1n) is 6.43. The molecule has 0 aliphatic heterocycles. The van der Waals surface area contributed by atoms with E-state index in [0.29, 0.717) is 0 Å². The fourth-order valence-electron chi connectivity index (χ4n) is 2.23. The van der Waals surface area contributed by atoms with Crippen LogP contribution in [0.1, 0.15) is 30.9 Å². The smallest absolute Gasteiger partial charge is 0.0645 e. The summed E-state index contributed by atoms with van der Waals surface area (Å²) < 4.78 is 1.90. The van der Waals surface area contributed by atoms with E-state index in [-0.39, 0.29) is 6.04 Å². The molecule has 94 valence electrons. The second kappa shape index (κ2) is 4.92. The zero-order chi connectivity index (χ0) is 12.4. The number of nitrogens with two attached hydrogens (primary N) is 1. The lowest BCUT2D eigenvalue weighted by atomic mass is 10.1. The van der Waals surface area contributed by atoms with Crippen molar-refractivity contribution >= 4 is 0 Å². The molecular formula is C14H18N4. The highest BCUT2D eigenvalue weighted by atomic mass is 15.3. The van der Waals surface area contributed by atoms with Crippen LogP contribution in [0.25, 0.3) is 5.69 Å². The summed E-state index contributed by atoms with van der Waals surface area (Å²) in [7, 11) is 0. The number of nitrogens with one attached hydrogen (secondary N) is 1. The molecule has 1 aliphatic carbocycles. The highest BCUT2D eigenvalue weighted by molar-refractivity contribution is 5.31. The van der Waals surface area contributed by atoms with Crippen LogP contribution in [-0.2, 0) is 0 Å². The van der Waals surface area contributed by atoms with Crippen molar-refractivity contribution in [1.82, 2.24) is 15.2 Å². The Morgan fingerprint density at radius 3 is 2.78 bits per heavy atom. The molecule has 3 N–H and O–H groups in total. The van der Waals surface area contributed by atoms with E-state index in [2.05, 4.69) is 16.7 Å². The first-order valence-corrected chi connectivity index (χ1v) is 6.43. The van der Waals surface area contributed by atoms with Crippen molar-refractivity contribution < 1.29 is 0 Å². The number of hydrogen-bond acceptors (Lipinski definition) is 3. The number of aromatic nitrogens is 2. The van der Waals surface area contributed by atoms with Crippen LogP contribution in [0.2, 0.25) is 0 Å². The summed E-state index contributed by atoms with van der Waals surface area (Å²) in [6.07, 6.45) is 7.75. The lowest BCUT2D eigenvalue weighted by Crippen LogP contribution is -2.28. The van der Waals surface area contributed by atoms with Gasteiger partial charge < -0.3 is 0 Å². The summed E-state index contributed by atoms with van der Waals surface area (Å²) in [6.45, 7) is 0. The van der Waals surface area contributed by atoms with Gasteiger partial charge in [0, 0.05) is 17.8 Å². The Morgan fingerprint density at radius 1 is 1.33 bits per heavy atom. The van der Waals surface area contributed by atoms with Crippen molar-refractivity contribution in [3.63, 3.8) is 0 Å². The van der Waals surface area contributed by atoms with Gasteiger partial charge in [0.05, 0.1) is 11.9 Å². The Morgan fingerprint density at radius 2 is 2.11 bits per heavy atom. The monoisotopic (exact) mass is 242 g/mol. The largest absolute Gasteiger partial charge is 0.271 e. The molecule has 1 aromatic heterocycles. The summed E-state index contributed by atoms with van der Waals surface area (Å²) >= 11 is 0. The molecule has 0 spiro atoms. The summed E-state index contributed by atoms with van der Waals surface area (Å²) in [5.74, 6) is 6.48. The standard InChI is InChI=1S/C14H18N4/c15-17-14(8-11-6-7-11)12-9-16-18(10-12)13-4-2-1-3-5-13/h1-5,9-11,14,17H,6-8,15H2. The Labute approximate surface area is 107 Å². The molecule has 1 aliphatic rings. The van der Waals surface area contributed by atoms with E-state index < -0.39 is 0 Å². The Hall–Kier alpha value is -1.65. The maximum atomic E-state index is 5.64. The maximum Gasteiger partial charge on any atom is 0.0645 e. The number of para-hydroxylation sites is 1. The molecule has 0 saturated heterocycles. The first-order chi connectivity index (χ1) is 8.86. The van der Waals surface area contributed by atoms with E-state index in [9.17, 15) is 0 Å². The number of benzene rings is 1. The molecule has 1 unspecified atom stereocenters. The minimum Gasteiger partial charge on any atom is -0.271 e. The molecule has 1 fully saturated rings. The van der Waals surface area contributed by atoms with Crippen LogP contribution in [-0.4, -0.2) is 9.78 Å². The van der Waals surface area contributed by atoms with Crippen LogP contribution in [0.5, 0.6) is 0 Å². The number of nitrogens with zero attached hydrogens (tertiary/aromatic N) is 2. The summed E-state index contributed by atoms with van der Waals surface area (Å²) in [5, 5.41) is 4.40. The minimum atomic E-state index is 0.218. The van der Waals surface area contributed by atoms with Gasteiger partial charge in [0.2, 0.25) is 0 Å². The van der Waals surface area contributed by atoms with Crippen LogP contribution in [0.4, 0.5) is 0 Å². The van der Waals surface area contributed by atoms with Crippen LogP contribution in [0.3, 0.4) is 0 Å². The molecule has 0 amide bonds. The van der Waals surface area contributed by atoms with Gasteiger partial charge in [-0.3, -0.25) is 11.3 Å². The second-order valence-corrected chi connectivity index (χ2v) is 4.95. The minimum absolute atomic E-state index is 0.218. The molecule has 2 aromatic rings. The Balaban J connectivity index is 1.79. The maximum absolute atomic E-state index is 5.64. The number of hydrazine groups is 1. The molecule has 1 aromatic carbocycles. The van der Waals surface area contributed by atoms with Crippen molar-refractivity contribution in [3.8, 4) is 5.69 Å². The van der Waals surface area contributed by atoms with Crippen molar-refractivity contribution in [2.45, 2.75) is 25.3 Å². The molecular weight excluding hydrogens is 224 g/mol. The predicted octanol–water partition coefficient (Wildman–Crippen LogP) is 2.18. The van der Waals surface area contributed by atoms with E-state index in [0.717, 1.165) is 23.6 Å². The summed E-state index contributed by atoms with van der Waals surface area (Å²) in [6, 6.07) is 10.3. The molecule has 4 heteroatoms. The van der Waals surface area contributed by atoms with Crippen LogP contribution in [0, 0.1) is 5.92 Å². The molecule has 1 heterocycles. The van der Waals surface area contributed by atoms with Gasteiger partial charge in [-0.15, -0.1) is 0 Å². The fraction of sp³-hybridized carbons (Fsp3) is 0.357. The normalized spacial score (nSPS) is 16.7. The van der Waals surface area contributed by atoms with Crippen LogP contribution < -0.4 is 11.3 Å². The number of rotatable bonds is 5. The third-order valence-corrected chi connectivity index (χ3v) is 3.49. The van der Waals surface area contributed by atoms with Gasteiger partial charge in [-0.1, -0.05) is 31.0 Å². The average Bonchev–Trinajstić information content (AvgIpc) is 3.11. The van der Waals surface area contributed by atoms with Crippen molar-refractivity contribution in [3.05, 3.63) is 48.3 Å². The van der Waals surface area contributed by atoms with Crippen LogP contribution in [0.15, 0.2) is 42.7 Å². The lowest BCUT2D eigenvalue weighted by molar-refractivity contribution is 0.487. The third-order valence-electron chi connectivity index (χ3n) is 3.49. The van der Waals surface area contributed by atoms with Crippen molar-refractivity contribution in [1.29, 1.82) is 0 Å². The molecule has 0 bridgehead atoms. The quantitative estimate of drug-likeness (QED) is 0.624. The molecule has 18 heavy (non-hydrogen) atoms. The van der Waals surface area contributed by atoms with Crippen LogP contribution >= 0.6 is 0 Å². The Kier molecular flexibility index (Phi) is 3.13. The van der Waals surface area contributed by atoms with E-state index in [1.54, 1.807) is 0 Å². The van der Waals surface area contributed by atoms with Crippen molar-refractivity contribution in [2.24, 2.45) is 11.8 Å². The third kappa shape index (κ3) is 2.44. The molecule has 1 atom stereocenters. The average molecular weight is 242 g/mol. The fourth-order valence-corrected chi connectivity index (χ4v) is 2.23. The van der Waals surface area contributed by atoms with Gasteiger partial charge >= 0.3 is 0 Å². The molecule has 0 radical (unpaired) electrons. The molecule has 4 nitrogen and oxygen atoms in total. The van der Waals surface area contributed by atoms with Gasteiger partial charge in [0.1, 0.15) is 0 Å². The van der Waals surface area contributed by atoms with Gasteiger partial charge in [-0.05, 0) is 24.5 Å². The van der Waals surface area contributed by atoms with Gasteiger partial charge in [-0.2, -0.15) is 5.10 Å². The van der Waals surface area contributed by atoms with Gasteiger partial charge in [0.15, 0.2) is 0 Å². The summed E-state index contributed by atoms with van der Waals surface area (Å²) in [5.41, 5.74) is 5.14. The number of hydrogen-bond donors (Lipinski definition) is 2. The zero-order valence-electron chi connectivity index (χ0n) is 10.3. The van der Waals surface area contributed by atoms with E-state index in [4.69, 9.17) is 5.84 Å². The highest BCUT2D eigenvalue weighted by Gasteiger charge is 2.26. The lowest BCUT2D eigenvalue weighted by Gasteiger charge is -2.12. The first kappa shape index (κ1) is 11.4. The summed E-state index contributed by atoms with van der Waals surface area (Å²) in [4.78, 5) is 0. The van der Waals surface area contributed by atoms with E-state index in [1.165, 1.54) is 12.8 Å². The zero-order valence-corrected chi connectivity index (χ0v) is 10.3. The molecule has 1 saturated carbocycles. The Bertz CT molecular complexity index is 502. The van der Waals surface area contributed by atoms with Gasteiger partial charge in [-0.25, -0.2) is 4.68 Å². The van der Waals surface area contributed by atoms with E-state index >= 15 is 0 Å². The highest BCUT2D eigenvalue weighted by Crippen LogP contribution is 2.37. The van der Waals surface area contributed by atoms with E-state index in [1.807, 2.05) is 41.2 Å². The SMILES string of the molecule is NNC(CC1CC1)c1cnn(-c2ccccc2)c1.